The minimum atomic E-state index is 0.600. The third-order valence-corrected chi connectivity index (χ3v) is 7.10. The lowest BCUT2D eigenvalue weighted by Gasteiger charge is -2.56. The van der Waals surface area contributed by atoms with Gasteiger partial charge in [0.25, 0.3) is 0 Å². The lowest BCUT2D eigenvalue weighted by molar-refractivity contribution is 0.0383. The van der Waals surface area contributed by atoms with E-state index in [1.807, 2.05) is 0 Å². The summed E-state index contributed by atoms with van der Waals surface area (Å²) in [7, 11) is 0. The van der Waals surface area contributed by atoms with E-state index in [0.29, 0.717) is 4.75 Å². The van der Waals surface area contributed by atoms with Crippen molar-refractivity contribution in [3.8, 4) is 0 Å². The molecule has 0 heterocycles. The van der Waals surface area contributed by atoms with E-state index in [1.165, 1.54) is 28.6 Å². The molecule has 4 saturated carbocycles. The molecule has 0 amide bonds. The minimum absolute atomic E-state index is 0.600. The lowest BCUT2D eigenvalue weighted by Crippen LogP contribution is -2.48. The Labute approximate surface area is 122 Å². The van der Waals surface area contributed by atoms with Crippen molar-refractivity contribution >= 4 is 27.7 Å². The van der Waals surface area contributed by atoms with Crippen molar-refractivity contribution in [2.24, 2.45) is 17.8 Å². The zero-order chi connectivity index (χ0) is 12.2. The molecule has 4 aliphatic rings. The fourth-order valence-electron chi connectivity index (χ4n) is 4.91. The summed E-state index contributed by atoms with van der Waals surface area (Å²) < 4.78 is 1.79. The number of rotatable bonds is 2. The summed E-state index contributed by atoms with van der Waals surface area (Å²) in [6, 6.07) is 8.94. The van der Waals surface area contributed by atoms with E-state index in [0.717, 1.165) is 17.8 Å². The summed E-state index contributed by atoms with van der Waals surface area (Å²) in [5.41, 5.74) is 0. The Morgan fingerprint density at radius 1 is 0.889 bits per heavy atom. The van der Waals surface area contributed by atoms with Crippen LogP contribution in [0.3, 0.4) is 0 Å². The maximum atomic E-state index is 3.53. The first-order valence-corrected chi connectivity index (χ1v) is 8.76. The Balaban J connectivity index is 1.58. The smallest absolute Gasteiger partial charge is 0.0215 e. The maximum Gasteiger partial charge on any atom is 0.0215 e. The van der Waals surface area contributed by atoms with Crippen LogP contribution in [0.1, 0.15) is 38.5 Å². The normalized spacial score (nSPS) is 41.3. The molecule has 0 nitrogen and oxygen atoms in total. The van der Waals surface area contributed by atoms with Gasteiger partial charge in [0, 0.05) is 14.1 Å². The van der Waals surface area contributed by atoms with Gasteiger partial charge in [0.15, 0.2) is 0 Å². The first kappa shape index (κ1) is 11.8. The van der Waals surface area contributed by atoms with Crippen molar-refractivity contribution in [1.29, 1.82) is 0 Å². The molecule has 4 aliphatic carbocycles. The van der Waals surface area contributed by atoms with Crippen LogP contribution < -0.4 is 0 Å². The third kappa shape index (κ3) is 2.06. The molecule has 2 heteroatoms. The highest BCUT2D eigenvalue weighted by Gasteiger charge is 2.51. The minimum Gasteiger partial charge on any atom is -0.119 e. The Kier molecular flexibility index (Phi) is 2.81. The van der Waals surface area contributed by atoms with Gasteiger partial charge in [-0.2, -0.15) is 0 Å². The average Bonchev–Trinajstić information content (AvgIpc) is 2.30. The van der Waals surface area contributed by atoms with Gasteiger partial charge in [-0.05, 0) is 80.5 Å². The van der Waals surface area contributed by atoms with Crippen molar-refractivity contribution in [3.63, 3.8) is 0 Å². The fourth-order valence-corrected chi connectivity index (χ4v) is 6.90. The quantitative estimate of drug-likeness (QED) is 0.691. The number of thioether (sulfide) groups is 1. The van der Waals surface area contributed by atoms with Gasteiger partial charge in [-0.15, -0.1) is 11.8 Å². The SMILES string of the molecule is Brc1ccc(SC23CC4CC(CC(C4)C2)C3)cc1. The molecular formula is C16H19BrS. The van der Waals surface area contributed by atoms with Crippen LogP contribution in [0, 0.1) is 17.8 Å². The van der Waals surface area contributed by atoms with Crippen LogP contribution in [0.4, 0.5) is 0 Å². The van der Waals surface area contributed by atoms with E-state index < -0.39 is 0 Å². The van der Waals surface area contributed by atoms with Crippen LogP contribution in [-0.2, 0) is 0 Å². The highest BCUT2D eigenvalue weighted by molar-refractivity contribution is 9.10. The Bertz CT molecular complexity index is 415. The first-order valence-electron chi connectivity index (χ1n) is 7.15. The zero-order valence-electron chi connectivity index (χ0n) is 10.6. The van der Waals surface area contributed by atoms with Crippen LogP contribution in [0.2, 0.25) is 0 Å². The number of benzene rings is 1. The largest absolute Gasteiger partial charge is 0.119 e. The molecular weight excluding hydrogens is 304 g/mol. The van der Waals surface area contributed by atoms with Crippen LogP contribution in [0.25, 0.3) is 0 Å². The molecule has 0 spiro atoms. The molecule has 1 aromatic rings. The number of halogens is 1. The van der Waals surface area contributed by atoms with Gasteiger partial charge in [-0.25, -0.2) is 0 Å². The van der Waals surface area contributed by atoms with Crippen LogP contribution in [0.5, 0.6) is 0 Å². The van der Waals surface area contributed by atoms with Gasteiger partial charge in [0.05, 0.1) is 0 Å². The van der Waals surface area contributed by atoms with Crippen LogP contribution >= 0.6 is 27.7 Å². The third-order valence-electron chi connectivity index (χ3n) is 5.13. The molecule has 0 radical (unpaired) electrons. The monoisotopic (exact) mass is 322 g/mol. The van der Waals surface area contributed by atoms with Gasteiger partial charge in [0.2, 0.25) is 0 Å². The molecule has 4 fully saturated rings. The molecule has 4 bridgehead atoms. The van der Waals surface area contributed by atoms with Gasteiger partial charge >= 0.3 is 0 Å². The fraction of sp³-hybridized carbons (Fsp3) is 0.625. The number of hydrogen-bond acceptors (Lipinski definition) is 1. The second-order valence-corrected chi connectivity index (χ2v) is 9.11. The molecule has 0 aliphatic heterocycles. The predicted molar refractivity (Wildman–Crippen MR) is 80.9 cm³/mol. The van der Waals surface area contributed by atoms with Crippen molar-refractivity contribution in [1.82, 2.24) is 0 Å². The molecule has 0 unspecified atom stereocenters. The van der Waals surface area contributed by atoms with Crippen molar-refractivity contribution in [2.45, 2.75) is 48.2 Å². The van der Waals surface area contributed by atoms with E-state index in [2.05, 4.69) is 52.0 Å². The van der Waals surface area contributed by atoms with Gasteiger partial charge in [0.1, 0.15) is 0 Å². The molecule has 0 aromatic heterocycles. The molecule has 1 aromatic carbocycles. The van der Waals surface area contributed by atoms with Crippen molar-refractivity contribution in [3.05, 3.63) is 28.7 Å². The highest BCUT2D eigenvalue weighted by Crippen LogP contribution is 2.61. The summed E-state index contributed by atoms with van der Waals surface area (Å²) in [5.74, 6) is 3.16. The Morgan fingerprint density at radius 2 is 1.39 bits per heavy atom. The van der Waals surface area contributed by atoms with Gasteiger partial charge in [-0.3, -0.25) is 0 Å². The highest BCUT2D eigenvalue weighted by atomic mass is 79.9. The predicted octanol–water partition coefficient (Wildman–Crippen LogP) is 5.51. The second kappa shape index (κ2) is 4.28. The van der Waals surface area contributed by atoms with Crippen molar-refractivity contribution < 1.29 is 0 Å². The van der Waals surface area contributed by atoms with Gasteiger partial charge < -0.3 is 0 Å². The Morgan fingerprint density at radius 3 is 1.89 bits per heavy atom. The maximum absolute atomic E-state index is 3.53. The lowest BCUT2D eigenvalue weighted by atomic mass is 9.56. The van der Waals surface area contributed by atoms with E-state index >= 15 is 0 Å². The summed E-state index contributed by atoms with van der Waals surface area (Å²) >= 11 is 5.72. The van der Waals surface area contributed by atoms with Crippen LogP contribution in [0.15, 0.2) is 33.6 Å². The van der Waals surface area contributed by atoms with E-state index in [-0.39, 0.29) is 0 Å². The molecule has 0 N–H and O–H groups in total. The average molecular weight is 323 g/mol. The standard InChI is InChI=1S/C16H19BrS/c17-14-1-3-15(4-2-14)18-16-8-11-5-12(9-16)7-13(6-11)10-16/h1-4,11-13H,5-10H2. The molecule has 0 atom stereocenters. The molecule has 0 saturated heterocycles. The van der Waals surface area contributed by atoms with E-state index in [1.54, 1.807) is 19.3 Å². The summed E-state index contributed by atoms with van der Waals surface area (Å²) in [4.78, 5) is 1.47. The molecule has 96 valence electrons. The second-order valence-electron chi connectivity index (χ2n) is 6.66. The zero-order valence-corrected chi connectivity index (χ0v) is 13.0. The first-order chi connectivity index (χ1) is 8.71. The molecule has 18 heavy (non-hydrogen) atoms. The summed E-state index contributed by atoms with van der Waals surface area (Å²) in [6.45, 7) is 0. The topological polar surface area (TPSA) is 0 Å². The summed E-state index contributed by atoms with van der Waals surface area (Å²) in [6.07, 6.45) is 9.08. The van der Waals surface area contributed by atoms with Gasteiger partial charge in [-0.1, -0.05) is 15.9 Å². The summed E-state index contributed by atoms with van der Waals surface area (Å²) in [5, 5.41) is 0. The van der Waals surface area contributed by atoms with E-state index in [4.69, 9.17) is 0 Å². The van der Waals surface area contributed by atoms with Crippen molar-refractivity contribution in [2.75, 3.05) is 0 Å². The Hall–Kier alpha value is 0.0500. The number of hydrogen-bond donors (Lipinski definition) is 0. The van der Waals surface area contributed by atoms with Crippen LogP contribution in [-0.4, -0.2) is 4.75 Å². The van der Waals surface area contributed by atoms with E-state index in [9.17, 15) is 0 Å². The molecule has 5 rings (SSSR count).